The number of amides is 1. The lowest BCUT2D eigenvalue weighted by atomic mass is 9.93. The summed E-state index contributed by atoms with van der Waals surface area (Å²) in [6.07, 6.45) is 8.52. The van der Waals surface area contributed by atoms with Crippen LogP contribution in [-0.4, -0.2) is 33.0 Å². The number of fused-ring (bicyclic) bond motifs is 1. The third-order valence-corrected chi connectivity index (χ3v) is 4.67. The van der Waals surface area contributed by atoms with Gasteiger partial charge in [-0.05, 0) is 37.8 Å². The largest absolute Gasteiger partial charge is 0.473 e. The van der Waals surface area contributed by atoms with Gasteiger partial charge in [0.1, 0.15) is 11.8 Å². The van der Waals surface area contributed by atoms with E-state index in [-0.39, 0.29) is 18.1 Å². The van der Waals surface area contributed by atoms with E-state index < -0.39 is 0 Å². The number of carbonyl (C=O) groups excluding carboxylic acids is 1. The van der Waals surface area contributed by atoms with Crippen molar-refractivity contribution in [1.82, 2.24) is 20.3 Å². The van der Waals surface area contributed by atoms with Gasteiger partial charge in [-0.15, -0.1) is 0 Å². The Morgan fingerprint density at radius 2 is 1.88 bits per heavy atom. The molecule has 1 aliphatic rings. The summed E-state index contributed by atoms with van der Waals surface area (Å²) in [5, 5.41) is 4.13. The molecule has 6 nitrogen and oxygen atoms in total. The molecule has 1 saturated carbocycles. The zero-order valence-electron chi connectivity index (χ0n) is 14.3. The Kier molecular flexibility index (Phi) is 4.73. The van der Waals surface area contributed by atoms with Crippen LogP contribution in [0, 0.1) is 0 Å². The van der Waals surface area contributed by atoms with Gasteiger partial charge in [0.15, 0.2) is 0 Å². The van der Waals surface area contributed by atoms with Gasteiger partial charge in [-0.3, -0.25) is 9.78 Å². The zero-order valence-corrected chi connectivity index (χ0v) is 14.3. The van der Waals surface area contributed by atoms with Gasteiger partial charge in [-0.25, -0.2) is 9.97 Å². The maximum Gasteiger partial charge on any atom is 0.270 e. The number of ether oxygens (including phenoxy) is 1. The third-order valence-electron chi connectivity index (χ3n) is 4.67. The Morgan fingerprint density at radius 1 is 1.04 bits per heavy atom. The molecule has 1 amide bonds. The van der Waals surface area contributed by atoms with Crippen LogP contribution in [0.4, 0.5) is 0 Å². The molecule has 0 aliphatic heterocycles. The average Bonchev–Trinajstić information content (AvgIpc) is 2.70. The number of hydrogen-bond donors (Lipinski definition) is 1. The van der Waals surface area contributed by atoms with E-state index >= 15 is 0 Å². The fraction of sp³-hybridized carbons (Fsp3) is 0.300. The Balaban J connectivity index is 1.32. The van der Waals surface area contributed by atoms with Crippen molar-refractivity contribution in [3.05, 3.63) is 60.7 Å². The molecule has 0 spiro atoms. The first-order valence-corrected chi connectivity index (χ1v) is 8.87. The van der Waals surface area contributed by atoms with Gasteiger partial charge in [0, 0.05) is 23.8 Å². The smallest absolute Gasteiger partial charge is 0.270 e. The summed E-state index contributed by atoms with van der Waals surface area (Å²) < 4.78 is 5.84. The van der Waals surface area contributed by atoms with Crippen LogP contribution in [0.2, 0.25) is 0 Å². The van der Waals surface area contributed by atoms with Crippen LogP contribution in [0.5, 0.6) is 5.88 Å². The molecule has 2 aromatic heterocycles. The van der Waals surface area contributed by atoms with E-state index in [0.29, 0.717) is 11.6 Å². The molecule has 3 aromatic rings. The highest BCUT2D eigenvalue weighted by atomic mass is 16.5. The number of hydrogen-bond acceptors (Lipinski definition) is 5. The predicted octanol–water partition coefficient (Wildman–Crippen LogP) is 3.14. The van der Waals surface area contributed by atoms with Crippen LogP contribution in [0.15, 0.2) is 55.0 Å². The van der Waals surface area contributed by atoms with Crippen molar-refractivity contribution in [2.75, 3.05) is 0 Å². The summed E-state index contributed by atoms with van der Waals surface area (Å²) in [6, 6.07) is 11.7. The molecule has 1 aliphatic carbocycles. The van der Waals surface area contributed by atoms with Crippen LogP contribution in [0.1, 0.15) is 36.2 Å². The fourth-order valence-corrected chi connectivity index (χ4v) is 3.29. The number of rotatable bonds is 4. The molecule has 132 valence electrons. The summed E-state index contributed by atoms with van der Waals surface area (Å²) in [4.78, 5) is 25.1. The van der Waals surface area contributed by atoms with Crippen molar-refractivity contribution in [2.24, 2.45) is 0 Å². The number of nitrogens with one attached hydrogen (secondary N) is 1. The highest BCUT2D eigenvalue weighted by Crippen LogP contribution is 2.23. The van der Waals surface area contributed by atoms with Crippen molar-refractivity contribution in [3.8, 4) is 5.88 Å². The predicted molar refractivity (Wildman–Crippen MR) is 97.9 cm³/mol. The first kappa shape index (κ1) is 16.4. The van der Waals surface area contributed by atoms with Gasteiger partial charge in [0.25, 0.3) is 5.91 Å². The number of pyridine rings is 1. The van der Waals surface area contributed by atoms with E-state index in [0.717, 1.165) is 36.6 Å². The highest BCUT2D eigenvalue weighted by molar-refractivity contribution is 5.95. The Morgan fingerprint density at radius 3 is 2.69 bits per heavy atom. The third kappa shape index (κ3) is 3.79. The van der Waals surface area contributed by atoms with Crippen molar-refractivity contribution in [2.45, 2.75) is 37.8 Å². The molecule has 0 radical (unpaired) electrons. The molecule has 6 heteroatoms. The van der Waals surface area contributed by atoms with Gasteiger partial charge < -0.3 is 10.1 Å². The lowest BCUT2D eigenvalue weighted by molar-refractivity contribution is 0.0885. The number of carbonyl (C=O) groups is 1. The maximum atomic E-state index is 12.5. The molecule has 26 heavy (non-hydrogen) atoms. The zero-order chi connectivity index (χ0) is 17.8. The topological polar surface area (TPSA) is 77.0 Å². The molecule has 0 unspecified atom stereocenters. The molecule has 0 saturated heterocycles. The van der Waals surface area contributed by atoms with Crippen molar-refractivity contribution < 1.29 is 9.53 Å². The average molecular weight is 348 g/mol. The number of para-hydroxylation sites is 1. The van der Waals surface area contributed by atoms with Gasteiger partial charge in [-0.2, -0.15) is 0 Å². The van der Waals surface area contributed by atoms with E-state index in [1.54, 1.807) is 24.7 Å². The molecular weight excluding hydrogens is 328 g/mol. The van der Waals surface area contributed by atoms with Crippen LogP contribution in [0.25, 0.3) is 10.9 Å². The highest BCUT2D eigenvalue weighted by Gasteiger charge is 2.24. The van der Waals surface area contributed by atoms with Gasteiger partial charge in [-0.1, -0.05) is 24.3 Å². The van der Waals surface area contributed by atoms with Crippen LogP contribution in [-0.2, 0) is 0 Å². The molecule has 1 N–H and O–H groups in total. The monoisotopic (exact) mass is 348 g/mol. The summed E-state index contributed by atoms with van der Waals surface area (Å²) >= 11 is 0. The van der Waals surface area contributed by atoms with Gasteiger partial charge in [0.05, 0.1) is 11.7 Å². The quantitative estimate of drug-likeness (QED) is 0.784. The molecular formula is C20H20N4O2. The van der Waals surface area contributed by atoms with Crippen molar-refractivity contribution in [1.29, 1.82) is 0 Å². The summed E-state index contributed by atoms with van der Waals surface area (Å²) in [5.74, 6) is 0.439. The number of benzene rings is 1. The molecule has 2 heterocycles. The van der Waals surface area contributed by atoms with Crippen LogP contribution < -0.4 is 10.1 Å². The van der Waals surface area contributed by atoms with Crippen LogP contribution in [0.3, 0.4) is 0 Å². The summed E-state index contributed by atoms with van der Waals surface area (Å²) in [6.45, 7) is 0. The van der Waals surface area contributed by atoms with Crippen molar-refractivity contribution in [3.63, 3.8) is 0 Å². The second kappa shape index (κ2) is 7.47. The van der Waals surface area contributed by atoms with E-state index in [2.05, 4.69) is 20.3 Å². The fourth-order valence-electron chi connectivity index (χ4n) is 3.29. The Labute approximate surface area is 151 Å². The minimum absolute atomic E-state index is 0.117. The minimum Gasteiger partial charge on any atom is -0.473 e. The van der Waals surface area contributed by atoms with Gasteiger partial charge in [0.2, 0.25) is 5.88 Å². The minimum atomic E-state index is -0.117. The molecule has 1 aromatic carbocycles. The normalized spacial score (nSPS) is 19.8. The Bertz CT molecular complexity index is 892. The van der Waals surface area contributed by atoms with Crippen LogP contribution >= 0.6 is 0 Å². The van der Waals surface area contributed by atoms with E-state index in [9.17, 15) is 4.79 Å². The SMILES string of the molecule is O=C(NC1CCC(Oc2cnccn2)CC1)c1ccc2ccccc2n1. The standard InChI is InChI=1S/C20H20N4O2/c25-20(18-10-5-14-3-1-2-4-17(14)24-18)23-15-6-8-16(9-7-15)26-19-13-21-11-12-22-19/h1-5,10-13,15-16H,6-9H2,(H,23,25). The molecule has 4 rings (SSSR count). The Hall–Kier alpha value is -3.02. The molecule has 1 fully saturated rings. The first-order chi connectivity index (χ1) is 12.8. The van der Waals surface area contributed by atoms with Gasteiger partial charge >= 0.3 is 0 Å². The molecule has 0 atom stereocenters. The lowest BCUT2D eigenvalue weighted by Crippen LogP contribution is -2.40. The molecule has 0 bridgehead atoms. The van der Waals surface area contributed by atoms with E-state index in [1.165, 1.54) is 0 Å². The lowest BCUT2D eigenvalue weighted by Gasteiger charge is -2.29. The number of nitrogens with zero attached hydrogens (tertiary/aromatic N) is 3. The van der Waals surface area contributed by atoms with E-state index in [1.807, 2.05) is 30.3 Å². The maximum absolute atomic E-state index is 12.5. The second-order valence-electron chi connectivity index (χ2n) is 6.50. The first-order valence-electron chi connectivity index (χ1n) is 8.87. The number of aromatic nitrogens is 3. The summed E-state index contributed by atoms with van der Waals surface area (Å²) in [5.41, 5.74) is 1.29. The van der Waals surface area contributed by atoms with E-state index in [4.69, 9.17) is 4.74 Å². The van der Waals surface area contributed by atoms with Crippen molar-refractivity contribution >= 4 is 16.8 Å². The second-order valence-corrected chi connectivity index (χ2v) is 6.50. The summed E-state index contributed by atoms with van der Waals surface area (Å²) in [7, 11) is 0.